The molecule has 2 aliphatic rings. The number of carbonyl (C=O) groups excluding carboxylic acids is 1. The first kappa shape index (κ1) is 17.8. The third-order valence-electron chi connectivity index (χ3n) is 5.47. The minimum absolute atomic E-state index is 0.0561. The molecule has 1 aromatic heterocycles. The predicted molar refractivity (Wildman–Crippen MR) is 103 cm³/mol. The maximum absolute atomic E-state index is 13.1. The number of nitrogens with zero attached hydrogens (tertiary/aromatic N) is 4. The fourth-order valence-corrected chi connectivity index (χ4v) is 4.25. The minimum atomic E-state index is -0.0561. The van der Waals surface area contributed by atoms with Gasteiger partial charge in [-0.05, 0) is 31.9 Å². The molecule has 7 heteroatoms. The van der Waals surface area contributed by atoms with Crippen LogP contribution in [0.2, 0.25) is 0 Å². The van der Waals surface area contributed by atoms with Gasteiger partial charge in [0, 0.05) is 24.9 Å². The third-order valence-corrected chi connectivity index (χ3v) is 5.47. The average Bonchev–Trinajstić information content (AvgIpc) is 3.16. The Labute approximate surface area is 159 Å². The van der Waals surface area contributed by atoms with Crippen LogP contribution in [0.25, 0.3) is 0 Å². The second-order valence-electron chi connectivity index (χ2n) is 7.60. The molecule has 4 rings (SSSR count). The lowest BCUT2D eigenvalue weighted by Gasteiger charge is -2.28. The van der Waals surface area contributed by atoms with Crippen molar-refractivity contribution in [3.8, 4) is 5.75 Å². The van der Waals surface area contributed by atoms with Crippen molar-refractivity contribution in [2.24, 2.45) is 0 Å². The summed E-state index contributed by atoms with van der Waals surface area (Å²) in [6, 6.07) is 7.87. The summed E-state index contributed by atoms with van der Waals surface area (Å²) < 4.78 is 7.87. The quantitative estimate of drug-likeness (QED) is 0.896. The largest absolute Gasteiger partial charge is 0.492 e. The number of carbonyl (C=O) groups is 1. The summed E-state index contributed by atoms with van der Waals surface area (Å²) in [5.41, 5.74) is 0.718. The van der Waals surface area contributed by atoms with Gasteiger partial charge >= 0.3 is 6.03 Å². The number of amides is 2. The van der Waals surface area contributed by atoms with Crippen molar-refractivity contribution in [2.45, 2.75) is 64.6 Å². The van der Waals surface area contributed by atoms with Crippen LogP contribution in [0.1, 0.15) is 51.2 Å². The number of urea groups is 1. The van der Waals surface area contributed by atoms with Crippen LogP contribution in [0.4, 0.5) is 10.5 Å². The van der Waals surface area contributed by atoms with E-state index in [2.05, 4.69) is 33.9 Å². The first-order valence-electron chi connectivity index (χ1n) is 9.81. The van der Waals surface area contributed by atoms with Crippen molar-refractivity contribution in [1.82, 2.24) is 19.7 Å². The minimum Gasteiger partial charge on any atom is -0.492 e. The van der Waals surface area contributed by atoms with E-state index in [0.29, 0.717) is 18.3 Å². The van der Waals surface area contributed by atoms with Crippen molar-refractivity contribution in [1.29, 1.82) is 0 Å². The molecule has 0 saturated carbocycles. The highest BCUT2D eigenvalue weighted by Crippen LogP contribution is 2.33. The summed E-state index contributed by atoms with van der Waals surface area (Å²) >= 11 is 0. The van der Waals surface area contributed by atoms with E-state index in [0.717, 1.165) is 43.1 Å². The second-order valence-corrected chi connectivity index (χ2v) is 7.60. The molecule has 1 fully saturated rings. The van der Waals surface area contributed by atoms with Crippen LogP contribution in [0.5, 0.6) is 5.75 Å². The molecule has 27 heavy (non-hydrogen) atoms. The maximum atomic E-state index is 13.1. The molecule has 3 heterocycles. The molecule has 2 bridgehead atoms. The van der Waals surface area contributed by atoms with Crippen molar-refractivity contribution in [2.75, 3.05) is 11.9 Å². The van der Waals surface area contributed by atoms with E-state index < -0.39 is 0 Å². The Kier molecular flexibility index (Phi) is 4.76. The summed E-state index contributed by atoms with van der Waals surface area (Å²) in [6.45, 7) is 7.54. The number of para-hydroxylation sites is 2. The van der Waals surface area contributed by atoms with Crippen molar-refractivity contribution >= 4 is 11.7 Å². The van der Waals surface area contributed by atoms with E-state index in [4.69, 9.17) is 4.74 Å². The molecule has 1 saturated heterocycles. The van der Waals surface area contributed by atoms with Gasteiger partial charge in [0.2, 0.25) is 0 Å². The number of rotatable bonds is 4. The summed E-state index contributed by atoms with van der Waals surface area (Å²) in [6.07, 6.45) is 2.78. The van der Waals surface area contributed by atoms with Gasteiger partial charge in [-0.25, -0.2) is 4.79 Å². The number of benzene rings is 1. The van der Waals surface area contributed by atoms with E-state index in [1.807, 2.05) is 36.1 Å². The van der Waals surface area contributed by atoms with Crippen LogP contribution >= 0.6 is 0 Å². The molecule has 2 aliphatic heterocycles. The highest BCUT2D eigenvalue weighted by atomic mass is 16.5. The molecule has 0 unspecified atom stereocenters. The van der Waals surface area contributed by atoms with E-state index >= 15 is 0 Å². The number of hydrogen-bond donors (Lipinski definition) is 1. The molecule has 2 aromatic rings. The van der Waals surface area contributed by atoms with Crippen LogP contribution in [0.3, 0.4) is 0 Å². The molecule has 2 atom stereocenters. The molecule has 7 nitrogen and oxygen atoms in total. The van der Waals surface area contributed by atoms with E-state index in [-0.39, 0.29) is 18.1 Å². The van der Waals surface area contributed by atoms with Crippen molar-refractivity contribution in [3.63, 3.8) is 0 Å². The van der Waals surface area contributed by atoms with Crippen LogP contribution in [-0.2, 0) is 13.0 Å². The first-order valence-corrected chi connectivity index (χ1v) is 9.81. The second kappa shape index (κ2) is 7.21. The summed E-state index contributed by atoms with van der Waals surface area (Å²) in [4.78, 5) is 15.2. The Hall–Kier alpha value is -2.57. The fourth-order valence-electron chi connectivity index (χ4n) is 4.25. The number of fused-ring (bicyclic) bond motifs is 3. The Morgan fingerprint density at radius 1 is 1.26 bits per heavy atom. The van der Waals surface area contributed by atoms with Crippen LogP contribution < -0.4 is 10.1 Å². The Morgan fingerprint density at radius 2 is 2.04 bits per heavy atom. The third kappa shape index (κ3) is 3.26. The average molecular weight is 369 g/mol. The number of aromatic nitrogens is 3. The lowest BCUT2D eigenvalue weighted by Crippen LogP contribution is -2.44. The van der Waals surface area contributed by atoms with E-state index in [9.17, 15) is 4.79 Å². The lowest BCUT2D eigenvalue weighted by molar-refractivity contribution is 0.184. The molecular formula is C20H27N5O2. The highest BCUT2D eigenvalue weighted by molar-refractivity contribution is 5.91. The van der Waals surface area contributed by atoms with Gasteiger partial charge in [0.15, 0.2) is 0 Å². The zero-order chi connectivity index (χ0) is 19.0. The zero-order valence-electron chi connectivity index (χ0n) is 16.2. The Morgan fingerprint density at radius 3 is 2.81 bits per heavy atom. The number of nitrogens with one attached hydrogen (secondary N) is 1. The predicted octanol–water partition coefficient (Wildman–Crippen LogP) is 3.42. The molecular weight excluding hydrogens is 342 g/mol. The van der Waals surface area contributed by atoms with Gasteiger partial charge in [0.05, 0.1) is 18.3 Å². The molecule has 2 amide bonds. The van der Waals surface area contributed by atoms with Gasteiger partial charge in [0.25, 0.3) is 0 Å². The summed E-state index contributed by atoms with van der Waals surface area (Å²) in [5, 5.41) is 11.9. The van der Waals surface area contributed by atoms with Gasteiger partial charge in [-0.3, -0.25) is 0 Å². The monoisotopic (exact) mass is 369 g/mol. The molecule has 144 valence electrons. The van der Waals surface area contributed by atoms with Crippen LogP contribution in [0, 0.1) is 0 Å². The first-order chi connectivity index (χ1) is 13.1. The number of hydrogen-bond acceptors (Lipinski definition) is 4. The summed E-state index contributed by atoms with van der Waals surface area (Å²) in [5.74, 6) is 3.04. The molecule has 0 aliphatic carbocycles. The van der Waals surface area contributed by atoms with Crippen molar-refractivity contribution in [3.05, 3.63) is 35.9 Å². The molecule has 0 spiro atoms. The summed E-state index contributed by atoms with van der Waals surface area (Å²) in [7, 11) is 0. The smallest absolute Gasteiger partial charge is 0.322 e. The number of ether oxygens (including phenoxy) is 1. The zero-order valence-corrected chi connectivity index (χ0v) is 16.2. The number of anilines is 1. The van der Waals surface area contributed by atoms with Crippen LogP contribution in [-0.4, -0.2) is 44.4 Å². The van der Waals surface area contributed by atoms with Crippen molar-refractivity contribution < 1.29 is 9.53 Å². The molecule has 1 N–H and O–H groups in total. The lowest BCUT2D eigenvalue weighted by atomic mass is 10.1. The fraction of sp³-hybridized carbons (Fsp3) is 0.550. The normalized spacial score (nSPS) is 21.1. The van der Waals surface area contributed by atoms with Crippen LogP contribution in [0.15, 0.2) is 24.3 Å². The SMILES string of the molecule is CCOc1ccccc1NC(=O)N1[C@@H]2CC[C@H]1Cc1nnc(C(C)C)n1C2. The Balaban J connectivity index is 1.56. The molecule has 0 radical (unpaired) electrons. The van der Waals surface area contributed by atoms with Gasteiger partial charge in [-0.1, -0.05) is 26.0 Å². The molecule has 1 aromatic carbocycles. The Bertz CT molecular complexity index is 832. The van der Waals surface area contributed by atoms with Gasteiger partial charge < -0.3 is 19.5 Å². The standard InChI is InChI=1S/C20H27N5O2/c1-4-27-17-8-6-5-7-16(17)21-20(26)25-14-9-10-15(25)12-24-18(11-14)22-23-19(24)13(2)3/h5-8,13-15H,4,9-12H2,1-3H3,(H,21,26)/t14-,15+/m0/s1. The maximum Gasteiger partial charge on any atom is 0.322 e. The van der Waals surface area contributed by atoms with E-state index in [1.165, 1.54) is 0 Å². The van der Waals surface area contributed by atoms with Gasteiger partial charge in [-0.15, -0.1) is 10.2 Å². The highest BCUT2D eigenvalue weighted by Gasteiger charge is 2.41. The van der Waals surface area contributed by atoms with Gasteiger partial charge in [0.1, 0.15) is 17.4 Å². The van der Waals surface area contributed by atoms with Gasteiger partial charge in [-0.2, -0.15) is 0 Å². The topological polar surface area (TPSA) is 72.3 Å². The van der Waals surface area contributed by atoms with E-state index in [1.54, 1.807) is 0 Å².